The SMILES string of the molecule is CCOc1ccccc1C(=O)N1CCN(S(=O)(=O)c2cccs2)CC1. The molecule has 1 aliphatic rings. The summed E-state index contributed by atoms with van der Waals surface area (Å²) in [5.41, 5.74) is 0.513. The van der Waals surface area contributed by atoms with Crippen LogP contribution in [0.2, 0.25) is 0 Å². The number of sulfonamides is 1. The molecule has 1 fully saturated rings. The molecule has 2 aromatic rings. The van der Waals surface area contributed by atoms with Gasteiger partial charge < -0.3 is 9.64 Å². The largest absolute Gasteiger partial charge is 0.493 e. The summed E-state index contributed by atoms with van der Waals surface area (Å²) in [7, 11) is -3.46. The quantitative estimate of drug-likeness (QED) is 0.798. The summed E-state index contributed by atoms with van der Waals surface area (Å²) in [6.07, 6.45) is 0. The fraction of sp³-hybridized carbons (Fsp3) is 0.353. The van der Waals surface area contributed by atoms with Gasteiger partial charge in [0.25, 0.3) is 15.9 Å². The molecule has 1 aliphatic heterocycles. The summed E-state index contributed by atoms with van der Waals surface area (Å²) in [5, 5.41) is 1.75. The number of hydrogen-bond donors (Lipinski definition) is 0. The van der Waals surface area contributed by atoms with E-state index >= 15 is 0 Å². The number of piperazine rings is 1. The molecule has 0 spiro atoms. The minimum atomic E-state index is -3.46. The van der Waals surface area contributed by atoms with Gasteiger partial charge in [-0.3, -0.25) is 4.79 Å². The van der Waals surface area contributed by atoms with Crippen LogP contribution in [0, 0.1) is 0 Å². The predicted molar refractivity (Wildman–Crippen MR) is 96.6 cm³/mol. The third-order valence-electron chi connectivity index (χ3n) is 4.03. The molecule has 0 N–H and O–H groups in total. The molecule has 1 aromatic heterocycles. The second-order valence-electron chi connectivity index (χ2n) is 5.56. The van der Waals surface area contributed by atoms with Crippen LogP contribution >= 0.6 is 11.3 Å². The van der Waals surface area contributed by atoms with Gasteiger partial charge in [0.05, 0.1) is 12.2 Å². The Balaban J connectivity index is 1.70. The van der Waals surface area contributed by atoms with Crippen LogP contribution in [0.1, 0.15) is 17.3 Å². The number of para-hydroxylation sites is 1. The standard InChI is InChI=1S/C17H20N2O4S2/c1-2-23-15-7-4-3-6-14(15)17(20)18-9-11-19(12-10-18)25(21,22)16-8-5-13-24-16/h3-8,13H,2,9-12H2,1H3. The molecule has 0 bridgehead atoms. The van der Waals surface area contributed by atoms with Crippen LogP contribution in [0.15, 0.2) is 46.0 Å². The van der Waals surface area contributed by atoms with E-state index in [9.17, 15) is 13.2 Å². The first kappa shape index (κ1) is 17.9. The van der Waals surface area contributed by atoms with Crippen molar-refractivity contribution in [3.63, 3.8) is 0 Å². The number of ether oxygens (including phenoxy) is 1. The Morgan fingerprint density at radius 1 is 1.12 bits per heavy atom. The van der Waals surface area contributed by atoms with Crippen molar-refractivity contribution >= 4 is 27.3 Å². The van der Waals surface area contributed by atoms with Crippen molar-refractivity contribution in [1.82, 2.24) is 9.21 Å². The maximum absolute atomic E-state index is 12.8. The van der Waals surface area contributed by atoms with Crippen LogP contribution in [-0.4, -0.2) is 56.3 Å². The van der Waals surface area contributed by atoms with Gasteiger partial charge >= 0.3 is 0 Å². The summed E-state index contributed by atoms with van der Waals surface area (Å²) < 4.78 is 32.4. The van der Waals surface area contributed by atoms with Gasteiger partial charge in [-0.2, -0.15) is 4.31 Å². The summed E-state index contributed by atoms with van der Waals surface area (Å²) in [6.45, 7) is 3.67. The minimum Gasteiger partial charge on any atom is -0.493 e. The number of nitrogens with zero attached hydrogens (tertiary/aromatic N) is 2. The second-order valence-corrected chi connectivity index (χ2v) is 8.67. The number of amides is 1. The molecule has 0 unspecified atom stereocenters. The normalized spacial score (nSPS) is 16.0. The first-order chi connectivity index (χ1) is 12.0. The van der Waals surface area contributed by atoms with E-state index in [1.54, 1.807) is 40.6 Å². The highest BCUT2D eigenvalue weighted by Crippen LogP contribution is 2.24. The fourth-order valence-electron chi connectivity index (χ4n) is 2.76. The summed E-state index contributed by atoms with van der Waals surface area (Å²) in [4.78, 5) is 14.4. The number of hydrogen-bond acceptors (Lipinski definition) is 5. The average molecular weight is 380 g/mol. The van der Waals surface area contributed by atoms with Gasteiger partial charge in [0, 0.05) is 26.2 Å². The molecular formula is C17H20N2O4S2. The van der Waals surface area contributed by atoms with Crippen molar-refractivity contribution in [2.45, 2.75) is 11.1 Å². The van der Waals surface area contributed by atoms with Crippen molar-refractivity contribution < 1.29 is 17.9 Å². The van der Waals surface area contributed by atoms with Gasteiger partial charge in [0.15, 0.2) is 0 Å². The lowest BCUT2D eigenvalue weighted by molar-refractivity contribution is 0.0694. The third-order valence-corrected chi connectivity index (χ3v) is 7.30. The fourth-order valence-corrected chi connectivity index (χ4v) is 5.33. The zero-order valence-electron chi connectivity index (χ0n) is 13.9. The van der Waals surface area contributed by atoms with Crippen LogP contribution in [0.25, 0.3) is 0 Å². The highest BCUT2D eigenvalue weighted by molar-refractivity contribution is 7.91. The van der Waals surface area contributed by atoms with Crippen LogP contribution in [0.3, 0.4) is 0 Å². The van der Waals surface area contributed by atoms with Gasteiger partial charge in [0.2, 0.25) is 0 Å². The van der Waals surface area contributed by atoms with E-state index in [0.29, 0.717) is 48.3 Å². The van der Waals surface area contributed by atoms with E-state index in [2.05, 4.69) is 0 Å². The number of thiophene rings is 1. The first-order valence-electron chi connectivity index (χ1n) is 8.09. The molecule has 1 saturated heterocycles. The Morgan fingerprint density at radius 2 is 1.84 bits per heavy atom. The molecule has 3 rings (SSSR count). The van der Waals surface area contributed by atoms with Gasteiger partial charge in [0.1, 0.15) is 9.96 Å². The van der Waals surface area contributed by atoms with Crippen molar-refractivity contribution in [3.8, 4) is 5.75 Å². The van der Waals surface area contributed by atoms with Crippen molar-refractivity contribution in [2.24, 2.45) is 0 Å². The lowest BCUT2D eigenvalue weighted by Crippen LogP contribution is -2.50. The van der Waals surface area contributed by atoms with Gasteiger partial charge in [-0.05, 0) is 30.5 Å². The monoisotopic (exact) mass is 380 g/mol. The molecule has 2 heterocycles. The molecule has 1 aromatic carbocycles. The molecule has 0 saturated carbocycles. The van der Waals surface area contributed by atoms with E-state index in [0.717, 1.165) is 0 Å². The molecule has 1 amide bonds. The maximum atomic E-state index is 12.8. The summed E-state index contributed by atoms with van der Waals surface area (Å²) in [5.74, 6) is 0.431. The highest BCUT2D eigenvalue weighted by Gasteiger charge is 2.31. The van der Waals surface area contributed by atoms with Gasteiger partial charge in [-0.15, -0.1) is 11.3 Å². The molecule has 0 aliphatic carbocycles. The Bertz CT molecular complexity index is 826. The smallest absolute Gasteiger partial charge is 0.257 e. The Hall–Kier alpha value is -1.90. The van der Waals surface area contributed by atoms with Crippen molar-refractivity contribution in [1.29, 1.82) is 0 Å². The van der Waals surface area contributed by atoms with Crippen molar-refractivity contribution in [2.75, 3.05) is 32.8 Å². The Kier molecular flexibility index (Phi) is 5.41. The van der Waals surface area contributed by atoms with Crippen LogP contribution in [-0.2, 0) is 10.0 Å². The molecule has 0 atom stereocenters. The van der Waals surface area contributed by atoms with Crippen LogP contribution in [0.4, 0.5) is 0 Å². The zero-order valence-corrected chi connectivity index (χ0v) is 15.6. The van der Waals surface area contributed by atoms with E-state index in [4.69, 9.17) is 4.74 Å². The van der Waals surface area contributed by atoms with Crippen LogP contribution < -0.4 is 4.74 Å². The molecule has 0 radical (unpaired) electrons. The van der Waals surface area contributed by atoms with Gasteiger partial charge in [-0.25, -0.2) is 8.42 Å². The minimum absolute atomic E-state index is 0.128. The number of rotatable bonds is 5. The summed E-state index contributed by atoms with van der Waals surface area (Å²) >= 11 is 1.21. The molecule has 8 heteroatoms. The average Bonchev–Trinajstić information content (AvgIpc) is 3.18. The predicted octanol–water partition coefficient (Wildman–Crippen LogP) is 2.29. The third kappa shape index (κ3) is 3.70. The van der Waals surface area contributed by atoms with Gasteiger partial charge in [-0.1, -0.05) is 18.2 Å². The maximum Gasteiger partial charge on any atom is 0.257 e. The first-order valence-corrected chi connectivity index (χ1v) is 10.4. The lowest BCUT2D eigenvalue weighted by atomic mass is 10.1. The lowest BCUT2D eigenvalue weighted by Gasteiger charge is -2.34. The van der Waals surface area contributed by atoms with E-state index in [-0.39, 0.29) is 5.91 Å². The Labute approximate surface area is 151 Å². The van der Waals surface area contributed by atoms with E-state index in [1.165, 1.54) is 15.6 Å². The number of carbonyl (C=O) groups excluding carboxylic acids is 1. The molecular weight excluding hydrogens is 360 g/mol. The zero-order chi connectivity index (χ0) is 17.9. The number of carbonyl (C=O) groups is 1. The molecule has 25 heavy (non-hydrogen) atoms. The summed E-state index contributed by atoms with van der Waals surface area (Å²) in [6, 6.07) is 10.5. The number of benzene rings is 1. The highest BCUT2D eigenvalue weighted by atomic mass is 32.2. The van der Waals surface area contributed by atoms with Crippen LogP contribution in [0.5, 0.6) is 5.75 Å². The molecule has 6 nitrogen and oxygen atoms in total. The van der Waals surface area contributed by atoms with E-state index in [1.807, 2.05) is 13.0 Å². The Morgan fingerprint density at radius 3 is 2.48 bits per heavy atom. The topological polar surface area (TPSA) is 66.9 Å². The molecule has 134 valence electrons. The van der Waals surface area contributed by atoms with E-state index < -0.39 is 10.0 Å². The van der Waals surface area contributed by atoms with Crippen molar-refractivity contribution in [3.05, 3.63) is 47.3 Å². The second kappa shape index (κ2) is 7.55.